The molecule has 1 heterocycles. The molecule has 0 spiro atoms. The first-order chi connectivity index (χ1) is 12.1. The Bertz CT molecular complexity index is 732. The molecule has 0 fully saturated rings. The maximum atomic E-state index is 6.18. The van der Waals surface area contributed by atoms with Crippen molar-refractivity contribution in [2.24, 2.45) is 0 Å². The molecule has 0 amide bonds. The number of hydrogen-bond acceptors (Lipinski definition) is 3. The monoisotopic (exact) mass is 355 g/mol. The van der Waals surface area contributed by atoms with Crippen LogP contribution in [0, 0.1) is 6.92 Å². The average molecular weight is 356 g/mol. The average Bonchev–Trinajstić information content (AvgIpc) is 2.62. The number of rotatable bonds is 4. The quantitative estimate of drug-likeness (QED) is 0.840. The third-order valence-electron chi connectivity index (χ3n) is 4.43. The highest BCUT2D eigenvalue weighted by atomic mass is 32.1. The van der Waals surface area contributed by atoms with Crippen LogP contribution in [0.3, 0.4) is 0 Å². The van der Waals surface area contributed by atoms with Gasteiger partial charge in [-0.1, -0.05) is 29.8 Å². The third kappa shape index (κ3) is 4.23. The SMILES string of the molecule is CCN1C[C@@H](CN(C)C(=S)Nc2ccc(C)cc2)Oc2ccccc21. The molecule has 0 bridgehead atoms. The second-order valence-corrected chi connectivity index (χ2v) is 6.81. The minimum atomic E-state index is 0.0811. The van der Waals surface area contributed by atoms with E-state index in [0.29, 0.717) is 5.11 Å². The second kappa shape index (κ2) is 7.74. The van der Waals surface area contributed by atoms with E-state index in [9.17, 15) is 0 Å². The number of benzene rings is 2. The standard InChI is InChI=1S/C20H25N3OS/c1-4-23-14-17(24-19-8-6-5-7-18(19)23)13-22(3)20(25)21-16-11-9-15(2)10-12-16/h5-12,17H,4,13-14H2,1-3H3,(H,21,25)/t17-/m1/s1. The van der Waals surface area contributed by atoms with E-state index in [1.807, 2.05) is 36.2 Å². The number of anilines is 2. The van der Waals surface area contributed by atoms with Gasteiger partial charge in [-0.15, -0.1) is 0 Å². The van der Waals surface area contributed by atoms with Crippen molar-refractivity contribution in [3.63, 3.8) is 0 Å². The van der Waals surface area contributed by atoms with Crippen LogP contribution in [0.2, 0.25) is 0 Å². The number of thiocarbonyl (C=S) groups is 1. The lowest BCUT2D eigenvalue weighted by Crippen LogP contribution is -2.47. The fourth-order valence-electron chi connectivity index (χ4n) is 3.02. The minimum Gasteiger partial charge on any atom is -0.485 e. The summed E-state index contributed by atoms with van der Waals surface area (Å²) < 4.78 is 6.18. The van der Waals surface area contributed by atoms with E-state index in [2.05, 4.69) is 48.3 Å². The van der Waals surface area contributed by atoms with Gasteiger partial charge in [-0.25, -0.2) is 0 Å². The van der Waals surface area contributed by atoms with Crippen molar-refractivity contribution in [1.29, 1.82) is 0 Å². The van der Waals surface area contributed by atoms with Gasteiger partial charge in [0.15, 0.2) is 5.11 Å². The Morgan fingerprint density at radius 3 is 2.68 bits per heavy atom. The van der Waals surface area contributed by atoms with Crippen molar-refractivity contribution in [2.75, 3.05) is 36.9 Å². The third-order valence-corrected chi connectivity index (χ3v) is 4.85. The zero-order chi connectivity index (χ0) is 17.8. The van der Waals surface area contributed by atoms with Crippen LogP contribution in [0.1, 0.15) is 12.5 Å². The molecule has 1 atom stereocenters. The van der Waals surface area contributed by atoms with Crippen LogP contribution in [-0.4, -0.2) is 42.8 Å². The van der Waals surface area contributed by atoms with Gasteiger partial charge in [0.05, 0.1) is 18.8 Å². The summed E-state index contributed by atoms with van der Waals surface area (Å²) in [5.74, 6) is 0.950. The van der Waals surface area contributed by atoms with Crippen molar-refractivity contribution in [3.05, 3.63) is 54.1 Å². The minimum absolute atomic E-state index is 0.0811. The number of para-hydroxylation sites is 2. The van der Waals surface area contributed by atoms with E-state index < -0.39 is 0 Å². The number of nitrogens with zero attached hydrogens (tertiary/aromatic N) is 2. The summed E-state index contributed by atoms with van der Waals surface area (Å²) in [4.78, 5) is 4.40. The predicted octanol–water partition coefficient (Wildman–Crippen LogP) is 3.91. The molecule has 1 aliphatic rings. The van der Waals surface area contributed by atoms with Crippen LogP contribution in [-0.2, 0) is 0 Å². The summed E-state index contributed by atoms with van der Waals surface area (Å²) in [6, 6.07) is 16.5. The highest BCUT2D eigenvalue weighted by Gasteiger charge is 2.26. The fraction of sp³-hybridized carbons (Fsp3) is 0.350. The molecule has 0 saturated heterocycles. The summed E-state index contributed by atoms with van der Waals surface area (Å²) in [6.45, 7) is 6.82. The van der Waals surface area contributed by atoms with Gasteiger partial charge in [0, 0.05) is 19.3 Å². The zero-order valence-electron chi connectivity index (χ0n) is 15.0. The van der Waals surface area contributed by atoms with Gasteiger partial charge in [0.2, 0.25) is 0 Å². The van der Waals surface area contributed by atoms with Gasteiger partial charge in [0.1, 0.15) is 11.9 Å². The van der Waals surface area contributed by atoms with Crippen molar-refractivity contribution >= 4 is 28.7 Å². The van der Waals surface area contributed by atoms with Crippen LogP contribution in [0.5, 0.6) is 5.75 Å². The Morgan fingerprint density at radius 2 is 1.96 bits per heavy atom. The van der Waals surface area contributed by atoms with Crippen molar-refractivity contribution < 1.29 is 4.74 Å². The van der Waals surface area contributed by atoms with E-state index in [0.717, 1.165) is 31.1 Å². The molecule has 132 valence electrons. The van der Waals surface area contributed by atoms with Gasteiger partial charge in [-0.2, -0.15) is 0 Å². The molecule has 25 heavy (non-hydrogen) atoms. The molecule has 0 radical (unpaired) electrons. The molecular formula is C20H25N3OS. The molecule has 1 N–H and O–H groups in total. The molecule has 0 unspecified atom stereocenters. The molecule has 0 aliphatic carbocycles. The molecule has 2 aromatic carbocycles. The number of nitrogens with one attached hydrogen (secondary N) is 1. The van der Waals surface area contributed by atoms with E-state index in [-0.39, 0.29) is 6.10 Å². The van der Waals surface area contributed by atoms with Crippen LogP contribution in [0.4, 0.5) is 11.4 Å². The van der Waals surface area contributed by atoms with Gasteiger partial charge < -0.3 is 19.9 Å². The Balaban J connectivity index is 1.62. The van der Waals surface area contributed by atoms with Crippen LogP contribution >= 0.6 is 12.2 Å². The number of aryl methyl sites for hydroxylation is 1. The van der Waals surface area contributed by atoms with Crippen LogP contribution in [0.25, 0.3) is 0 Å². The zero-order valence-corrected chi connectivity index (χ0v) is 15.8. The van der Waals surface area contributed by atoms with E-state index in [1.165, 1.54) is 11.3 Å². The first-order valence-electron chi connectivity index (χ1n) is 8.66. The van der Waals surface area contributed by atoms with E-state index in [4.69, 9.17) is 17.0 Å². The summed E-state index contributed by atoms with van der Waals surface area (Å²) in [6.07, 6.45) is 0.0811. The summed E-state index contributed by atoms with van der Waals surface area (Å²) in [5.41, 5.74) is 3.41. The van der Waals surface area contributed by atoms with E-state index >= 15 is 0 Å². The van der Waals surface area contributed by atoms with Gasteiger partial charge >= 0.3 is 0 Å². The Kier molecular flexibility index (Phi) is 5.43. The maximum Gasteiger partial charge on any atom is 0.173 e. The molecular weight excluding hydrogens is 330 g/mol. The van der Waals surface area contributed by atoms with Crippen molar-refractivity contribution in [1.82, 2.24) is 4.90 Å². The van der Waals surface area contributed by atoms with Crippen molar-refractivity contribution in [2.45, 2.75) is 20.0 Å². The second-order valence-electron chi connectivity index (χ2n) is 6.42. The lowest BCUT2D eigenvalue weighted by atomic mass is 10.2. The summed E-state index contributed by atoms with van der Waals surface area (Å²) >= 11 is 5.54. The maximum absolute atomic E-state index is 6.18. The number of likely N-dealkylation sites (N-methyl/N-ethyl adjacent to an activating group) is 2. The summed E-state index contributed by atoms with van der Waals surface area (Å²) in [7, 11) is 2.00. The van der Waals surface area contributed by atoms with Gasteiger partial charge in [0.25, 0.3) is 0 Å². The first-order valence-corrected chi connectivity index (χ1v) is 9.07. The van der Waals surface area contributed by atoms with Crippen LogP contribution in [0.15, 0.2) is 48.5 Å². The molecule has 2 aromatic rings. The number of fused-ring (bicyclic) bond motifs is 1. The highest BCUT2D eigenvalue weighted by molar-refractivity contribution is 7.80. The van der Waals surface area contributed by atoms with Crippen molar-refractivity contribution in [3.8, 4) is 5.75 Å². The summed E-state index contributed by atoms with van der Waals surface area (Å²) in [5, 5.41) is 3.99. The fourth-order valence-corrected chi connectivity index (χ4v) is 3.21. The predicted molar refractivity (Wildman–Crippen MR) is 109 cm³/mol. The van der Waals surface area contributed by atoms with E-state index in [1.54, 1.807) is 0 Å². The highest BCUT2D eigenvalue weighted by Crippen LogP contribution is 2.32. The molecule has 5 heteroatoms. The van der Waals surface area contributed by atoms with Gasteiger partial charge in [-0.3, -0.25) is 0 Å². The number of ether oxygens (including phenoxy) is 1. The largest absolute Gasteiger partial charge is 0.485 e. The lowest BCUT2D eigenvalue weighted by Gasteiger charge is -2.37. The van der Waals surface area contributed by atoms with Crippen LogP contribution < -0.4 is 15.0 Å². The topological polar surface area (TPSA) is 27.7 Å². The van der Waals surface area contributed by atoms with Gasteiger partial charge in [-0.05, 0) is 50.3 Å². The molecule has 3 rings (SSSR count). The normalized spacial score (nSPS) is 16.0. The number of hydrogen-bond donors (Lipinski definition) is 1. The molecule has 0 aromatic heterocycles. The molecule has 4 nitrogen and oxygen atoms in total. The lowest BCUT2D eigenvalue weighted by molar-refractivity contribution is 0.169. The molecule has 1 aliphatic heterocycles. The Morgan fingerprint density at radius 1 is 1.24 bits per heavy atom. The molecule has 0 saturated carbocycles. The Hall–Kier alpha value is -2.27. The smallest absolute Gasteiger partial charge is 0.173 e. The first kappa shape index (κ1) is 17.5. The Labute approximate surface area is 155 Å².